The van der Waals surface area contributed by atoms with E-state index in [0.717, 1.165) is 38.2 Å². The molecule has 0 spiro atoms. The highest BCUT2D eigenvalue weighted by Gasteiger charge is 2.34. The summed E-state index contributed by atoms with van der Waals surface area (Å²) >= 11 is 0. The van der Waals surface area contributed by atoms with Crippen LogP contribution in [0.15, 0.2) is 4.99 Å². The van der Waals surface area contributed by atoms with Crippen molar-refractivity contribution in [1.82, 2.24) is 20.4 Å². The number of aliphatic imine (C=N–C) groups is 1. The van der Waals surface area contributed by atoms with Gasteiger partial charge in [-0.15, -0.1) is 0 Å². The van der Waals surface area contributed by atoms with Crippen molar-refractivity contribution >= 4 is 5.96 Å². The first kappa shape index (κ1) is 20.9. The monoisotopic (exact) mass is 379 g/mol. The summed E-state index contributed by atoms with van der Waals surface area (Å²) in [5.74, 6) is 0.940. The van der Waals surface area contributed by atoms with E-state index in [-0.39, 0.29) is 5.54 Å². The third-order valence-electron chi connectivity index (χ3n) is 6.59. The molecule has 1 saturated carbocycles. The molecule has 3 atom stereocenters. The zero-order chi connectivity index (χ0) is 19.4. The molecule has 3 fully saturated rings. The number of hydrogen-bond acceptors (Lipinski definition) is 4. The molecule has 6 heteroatoms. The lowest BCUT2D eigenvalue weighted by atomic mass is 10.00. The molecule has 6 nitrogen and oxygen atoms in total. The standard InChI is InChI=1S/C21H41N5O/c1-16-12-26(13-17(2)27-16)21(3,4)15-23-20(22-5)24-18-10-11-25(14-18)19-8-6-7-9-19/h16-19H,6-15H2,1-5H3,(H2,22,23,24). The van der Waals surface area contributed by atoms with E-state index in [1.165, 1.54) is 38.6 Å². The van der Waals surface area contributed by atoms with E-state index in [4.69, 9.17) is 4.74 Å². The molecule has 156 valence electrons. The van der Waals surface area contributed by atoms with Gasteiger partial charge < -0.3 is 15.4 Å². The maximum atomic E-state index is 5.90. The van der Waals surface area contributed by atoms with Gasteiger partial charge in [-0.3, -0.25) is 14.8 Å². The van der Waals surface area contributed by atoms with Gasteiger partial charge in [0.05, 0.1) is 12.2 Å². The smallest absolute Gasteiger partial charge is 0.191 e. The van der Waals surface area contributed by atoms with Gasteiger partial charge in [-0.1, -0.05) is 12.8 Å². The van der Waals surface area contributed by atoms with Crippen LogP contribution in [0, 0.1) is 0 Å². The van der Waals surface area contributed by atoms with E-state index < -0.39 is 0 Å². The average Bonchev–Trinajstić information content (AvgIpc) is 3.29. The number of likely N-dealkylation sites (tertiary alicyclic amines) is 1. The summed E-state index contributed by atoms with van der Waals surface area (Å²) < 4.78 is 5.90. The largest absolute Gasteiger partial charge is 0.373 e. The highest BCUT2D eigenvalue weighted by molar-refractivity contribution is 5.80. The Bertz CT molecular complexity index is 493. The third kappa shape index (κ3) is 5.58. The van der Waals surface area contributed by atoms with Crippen molar-refractivity contribution in [2.24, 2.45) is 4.99 Å². The molecule has 0 aromatic carbocycles. The quantitative estimate of drug-likeness (QED) is 0.566. The van der Waals surface area contributed by atoms with Gasteiger partial charge in [0.25, 0.3) is 0 Å². The van der Waals surface area contributed by atoms with Crippen LogP contribution in [0.2, 0.25) is 0 Å². The Morgan fingerprint density at radius 2 is 1.74 bits per heavy atom. The summed E-state index contributed by atoms with van der Waals surface area (Å²) in [5, 5.41) is 7.25. The molecule has 3 unspecified atom stereocenters. The van der Waals surface area contributed by atoms with Gasteiger partial charge in [0.15, 0.2) is 5.96 Å². The summed E-state index contributed by atoms with van der Waals surface area (Å²) in [6.07, 6.45) is 7.43. The lowest BCUT2D eigenvalue weighted by molar-refractivity contribution is -0.0946. The fourth-order valence-electron chi connectivity index (χ4n) is 4.98. The summed E-state index contributed by atoms with van der Waals surface area (Å²) in [6, 6.07) is 1.35. The molecule has 2 heterocycles. The number of ether oxygens (including phenoxy) is 1. The van der Waals surface area contributed by atoms with Gasteiger partial charge >= 0.3 is 0 Å². The van der Waals surface area contributed by atoms with E-state index in [1.807, 2.05) is 7.05 Å². The van der Waals surface area contributed by atoms with E-state index >= 15 is 0 Å². The number of guanidine groups is 1. The molecule has 0 bridgehead atoms. The molecule has 0 aromatic rings. The molecule has 3 rings (SSSR count). The maximum Gasteiger partial charge on any atom is 0.191 e. The van der Waals surface area contributed by atoms with Crippen LogP contribution in [0.25, 0.3) is 0 Å². The second-order valence-electron chi connectivity index (χ2n) is 9.46. The molecular weight excluding hydrogens is 338 g/mol. The van der Waals surface area contributed by atoms with Crippen LogP contribution in [-0.2, 0) is 4.74 Å². The summed E-state index contributed by atoms with van der Waals surface area (Å²) in [4.78, 5) is 9.72. The van der Waals surface area contributed by atoms with Crippen LogP contribution < -0.4 is 10.6 Å². The van der Waals surface area contributed by atoms with Crippen molar-refractivity contribution in [3.8, 4) is 0 Å². The van der Waals surface area contributed by atoms with Crippen molar-refractivity contribution in [2.75, 3.05) is 39.8 Å². The highest BCUT2D eigenvalue weighted by atomic mass is 16.5. The maximum absolute atomic E-state index is 5.90. The lowest BCUT2D eigenvalue weighted by Crippen LogP contribution is -2.59. The Kier molecular flexibility index (Phi) is 7.03. The minimum absolute atomic E-state index is 0.0650. The predicted octanol–water partition coefficient (Wildman–Crippen LogP) is 2.06. The molecule has 0 aromatic heterocycles. The number of nitrogens with one attached hydrogen (secondary N) is 2. The topological polar surface area (TPSA) is 52.1 Å². The molecule has 2 saturated heterocycles. The molecular formula is C21H41N5O. The van der Waals surface area contributed by atoms with Gasteiger partial charge in [-0.2, -0.15) is 0 Å². The first-order chi connectivity index (χ1) is 12.9. The molecule has 2 aliphatic heterocycles. The zero-order valence-electron chi connectivity index (χ0n) is 18.1. The predicted molar refractivity (Wildman–Crippen MR) is 112 cm³/mol. The van der Waals surface area contributed by atoms with Gasteiger partial charge in [-0.25, -0.2) is 0 Å². The number of nitrogens with zero attached hydrogens (tertiary/aromatic N) is 3. The van der Waals surface area contributed by atoms with E-state index in [1.54, 1.807) is 0 Å². The average molecular weight is 380 g/mol. The van der Waals surface area contributed by atoms with Crippen LogP contribution in [0.4, 0.5) is 0 Å². The minimum atomic E-state index is 0.0650. The first-order valence-corrected chi connectivity index (χ1v) is 11.0. The Morgan fingerprint density at radius 3 is 2.37 bits per heavy atom. The van der Waals surface area contributed by atoms with Crippen LogP contribution >= 0.6 is 0 Å². The molecule has 27 heavy (non-hydrogen) atoms. The van der Waals surface area contributed by atoms with Crippen LogP contribution in [0.3, 0.4) is 0 Å². The summed E-state index contributed by atoms with van der Waals surface area (Å²) in [6.45, 7) is 14.2. The molecule has 0 radical (unpaired) electrons. The highest BCUT2D eigenvalue weighted by Crippen LogP contribution is 2.26. The number of morpholine rings is 1. The molecule has 3 aliphatic rings. The first-order valence-electron chi connectivity index (χ1n) is 11.0. The number of hydrogen-bond donors (Lipinski definition) is 2. The zero-order valence-corrected chi connectivity index (χ0v) is 18.1. The van der Waals surface area contributed by atoms with Crippen LogP contribution in [0.1, 0.15) is 59.8 Å². The van der Waals surface area contributed by atoms with Crippen molar-refractivity contribution in [3.63, 3.8) is 0 Å². The van der Waals surface area contributed by atoms with E-state index in [2.05, 4.69) is 53.1 Å². The Labute approximate surface area is 166 Å². The van der Waals surface area contributed by atoms with Gasteiger partial charge in [-0.05, 0) is 47.0 Å². The second-order valence-corrected chi connectivity index (χ2v) is 9.46. The second kappa shape index (κ2) is 9.10. The normalized spacial score (nSPS) is 32.2. The Morgan fingerprint density at radius 1 is 1.07 bits per heavy atom. The molecule has 0 amide bonds. The Balaban J connectivity index is 1.46. The lowest BCUT2D eigenvalue weighted by Gasteiger charge is -2.45. The van der Waals surface area contributed by atoms with E-state index in [9.17, 15) is 0 Å². The third-order valence-corrected chi connectivity index (χ3v) is 6.59. The number of rotatable bonds is 5. The van der Waals surface area contributed by atoms with Crippen molar-refractivity contribution < 1.29 is 4.74 Å². The summed E-state index contributed by atoms with van der Waals surface area (Å²) in [7, 11) is 1.88. The fourth-order valence-corrected chi connectivity index (χ4v) is 4.98. The van der Waals surface area contributed by atoms with Crippen molar-refractivity contribution in [3.05, 3.63) is 0 Å². The van der Waals surface area contributed by atoms with Crippen LogP contribution in [-0.4, -0.2) is 85.4 Å². The Hall–Kier alpha value is -0.850. The molecule has 1 aliphatic carbocycles. The molecule has 2 N–H and O–H groups in total. The SMILES string of the molecule is CN=C(NCC(C)(C)N1CC(C)OC(C)C1)NC1CCN(C2CCCC2)C1. The van der Waals surface area contributed by atoms with Gasteiger partial charge in [0.1, 0.15) is 0 Å². The van der Waals surface area contributed by atoms with E-state index in [0.29, 0.717) is 18.2 Å². The summed E-state index contributed by atoms with van der Waals surface area (Å²) in [5.41, 5.74) is 0.0650. The van der Waals surface area contributed by atoms with Crippen molar-refractivity contribution in [2.45, 2.75) is 89.6 Å². The van der Waals surface area contributed by atoms with Crippen molar-refractivity contribution in [1.29, 1.82) is 0 Å². The van der Waals surface area contributed by atoms with Gasteiger partial charge in [0.2, 0.25) is 0 Å². The van der Waals surface area contributed by atoms with Crippen LogP contribution in [0.5, 0.6) is 0 Å². The van der Waals surface area contributed by atoms with Gasteiger partial charge in [0, 0.05) is 57.4 Å². The minimum Gasteiger partial charge on any atom is -0.373 e. The fraction of sp³-hybridized carbons (Fsp3) is 0.952.